The van der Waals surface area contributed by atoms with E-state index in [-0.39, 0.29) is 5.92 Å². The van der Waals surface area contributed by atoms with Crippen LogP contribution < -0.4 is 0 Å². The molecule has 22 heavy (non-hydrogen) atoms. The first-order chi connectivity index (χ1) is 10.5. The van der Waals surface area contributed by atoms with Crippen LogP contribution in [0.4, 0.5) is 0 Å². The van der Waals surface area contributed by atoms with Gasteiger partial charge in [-0.15, -0.1) is 0 Å². The van der Waals surface area contributed by atoms with E-state index in [9.17, 15) is 14.7 Å². The van der Waals surface area contributed by atoms with E-state index in [1.807, 2.05) is 6.92 Å². The van der Waals surface area contributed by atoms with Crippen molar-refractivity contribution < 1.29 is 33.6 Å². The van der Waals surface area contributed by atoms with Gasteiger partial charge in [-0.05, 0) is 18.8 Å². The number of ether oxygens (including phenoxy) is 4. The van der Waals surface area contributed by atoms with Gasteiger partial charge in [0.1, 0.15) is 5.76 Å². The number of carbonyl (C=O) groups excluding carboxylic acids is 1. The van der Waals surface area contributed by atoms with Gasteiger partial charge in [0, 0.05) is 0 Å². The van der Waals surface area contributed by atoms with Crippen molar-refractivity contribution in [1.29, 1.82) is 0 Å². The summed E-state index contributed by atoms with van der Waals surface area (Å²) in [4.78, 5) is 23.3. The Balaban J connectivity index is 1.97. The van der Waals surface area contributed by atoms with Crippen molar-refractivity contribution in [3.8, 4) is 0 Å². The normalized spacial score (nSPS) is 38.9. The highest BCUT2D eigenvalue weighted by Gasteiger charge is 2.60. The first-order valence-electron chi connectivity index (χ1n) is 7.43. The van der Waals surface area contributed by atoms with Crippen molar-refractivity contribution in [2.45, 2.75) is 31.7 Å². The van der Waals surface area contributed by atoms with Gasteiger partial charge in [-0.25, -0.2) is 4.79 Å². The molecule has 1 spiro atoms. The van der Waals surface area contributed by atoms with Gasteiger partial charge in [-0.3, -0.25) is 4.79 Å². The van der Waals surface area contributed by atoms with Crippen molar-refractivity contribution in [3.63, 3.8) is 0 Å². The molecule has 7 nitrogen and oxygen atoms in total. The summed E-state index contributed by atoms with van der Waals surface area (Å²) in [6, 6.07) is 0. The lowest BCUT2D eigenvalue weighted by molar-refractivity contribution is -0.199. The monoisotopic (exact) mass is 312 g/mol. The van der Waals surface area contributed by atoms with E-state index in [2.05, 4.69) is 0 Å². The molecule has 7 heteroatoms. The van der Waals surface area contributed by atoms with E-state index >= 15 is 0 Å². The fourth-order valence-electron chi connectivity index (χ4n) is 3.87. The fraction of sp³-hybridized carbons (Fsp3) is 0.733. The third-order valence-corrected chi connectivity index (χ3v) is 4.88. The minimum atomic E-state index is -0.994. The molecule has 0 aromatic carbocycles. The summed E-state index contributed by atoms with van der Waals surface area (Å²) in [6.07, 6.45) is 1.44. The van der Waals surface area contributed by atoms with E-state index in [0.717, 1.165) is 0 Å². The highest BCUT2D eigenvalue weighted by Crippen LogP contribution is 2.51. The van der Waals surface area contributed by atoms with Crippen LogP contribution in [-0.2, 0) is 28.5 Å². The van der Waals surface area contributed by atoms with Gasteiger partial charge in [0.15, 0.2) is 11.9 Å². The first kappa shape index (κ1) is 15.3. The average Bonchev–Trinajstić information content (AvgIpc) is 3.07. The number of rotatable bonds is 3. The first-order valence-corrected chi connectivity index (χ1v) is 7.43. The highest BCUT2D eigenvalue weighted by molar-refractivity contribution is 5.86. The molecule has 0 bridgehead atoms. The fourth-order valence-corrected chi connectivity index (χ4v) is 3.87. The van der Waals surface area contributed by atoms with Crippen molar-refractivity contribution in [2.24, 2.45) is 17.8 Å². The molecule has 3 rings (SSSR count). The molecule has 1 N–H and O–H groups in total. The molecule has 1 saturated heterocycles. The van der Waals surface area contributed by atoms with Crippen molar-refractivity contribution in [1.82, 2.24) is 0 Å². The van der Waals surface area contributed by atoms with E-state index in [1.165, 1.54) is 13.2 Å². The minimum absolute atomic E-state index is 0.153. The second-order valence-electron chi connectivity index (χ2n) is 6.10. The predicted molar refractivity (Wildman–Crippen MR) is 72.6 cm³/mol. The van der Waals surface area contributed by atoms with Gasteiger partial charge in [0.25, 0.3) is 0 Å². The Hall–Kier alpha value is -1.60. The molecular formula is C15H20O7. The number of aliphatic carboxylic acids is 1. The molecule has 3 aliphatic rings. The average molecular weight is 312 g/mol. The topological polar surface area (TPSA) is 91.3 Å². The van der Waals surface area contributed by atoms with Crippen LogP contribution in [0, 0.1) is 17.8 Å². The third kappa shape index (κ3) is 2.28. The van der Waals surface area contributed by atoms with Gasteiger partial charge < -0.3 is 24.1 Å². The molecule has 122 valence electrons. The lowest BCUT2D eigenvalue weighted by Gasteiger charge is -2.46. The largest absolute Gasteiger partial charge is 0.497 e. The van der Waals surface area contributed by atoms with E-state index in [4.69, 9.17) is 18.9 Å². The van der Waals surface area contributed by atoms with E-state index in [0.29, 0.717) is 31.8 Å². The van der Waals surface area contributed by atoms with Gasteiger partial charge in [-0.2, -0.15) is 0 Å². The summed E-state index contributed by atoms with van der Waals surface area (Å²) < 4.78 is 22.1. The van der Waals surface area contributed by atoms with Crippen LogP contribution in [0.2, 0.25) is 0 Å². The number of carboxylic acids is 1. The zero-order valence-corrected chi connectivity index (χ0v) is 12.6. The second kappa shape index (κ2) is 5.55. The molecule has 4 atom stereocenters. The predicted octanol–water partition coefficient (Wildman–Crippen LogP) is 0.932. The molecule has 1 aliphatic carbocycles. The Labute approximate surface area is 128 Å². The maximum atomic E-state index is 11.8. The quantitative estimate of drug-likeness (QED) is 0.775. The Morgan fingerprint density at radius 2 is 2.09 bits per heavy atom. The van der Waals surface area contributed by atoms with Crippen LogP contribution in [0.1, 0.15) is 19.8 Å². The standard InChI is InChI=1S/C15H20O7/c1-8-7-15(11(19-2)6-12(16)22-15)10(5-9(8)13(17)18)14-20-3-4-21-14/h6,8-10,14H,3-5,7H2,1-2H3,(H,17,18)/t8-,9+,10+,15+/m1/s1. The molecule has 0 amide bonds. The molecular weight excluding hydrogens is 292 g/mol. The molecule has 0 unspecified atom stereocenters. The molecule has 0 aromatic heterocycles. The summed E-state index contributed by atoms with van der Waals surface area (Å²) in [7, 11) is 1.48. The summed E-state index contributed by atoms with van der Waals surface area (Å²) in [5.41, 5.74) is -0.994. The zero-order chi connectivity index (χ0) is 15.9. The lowest BCUT2D eigenvalue weighted by atomic mass is 9.65. The Kier molecular flexibility index (Phi) is 3.86. The maximum Gasteiger partial charge on any atom is 0.335 e. The minimum Gasteiger partial charge on any atom is -0.497 e. The summed E-state index contributed by atoms with van der Waals surface area (Å²) >= 11 is 0. The number of methoxy groups -OCH3 is 1. The lowest BCUT2D eigenvalue weighted by Crippen LogP contribution is -2.54. The number of hydrogen-bond donors (Lipinski definition) is 1. The van der Waals surface area contributed by atoms with Crippen LogP contribution in [0.5, 0.6) is 0 Å². The van der Waals surface area contributed by atoms with Gasteiger partial charge in [0.2, 0.25) is 0 Å². The van der Waals surface area contributed by atoms with Crippen molar-refractivity contribution in [3.05, 3.63) is 11.8 Å². The number of carbonyl (C=O) groups is 2. The Morgan fingerprint density at radius 1 is 1.41 bits per heavy atom. The third-order valence-electron chi connectivity index (χ3n) is 4.88. The molecule has 2 aliphatic heterocycles. The second-order valence-corrected chi connectivity index (χ2v) is 6.10. The smallest absolute Gasteiger partial charge is 0.335 e. The van der Waals surface area contributed by atoms with Crippen LogP contribution in [0.3, 0.4) is 0 Å². The van der Waals surface area contributed by atoms with Crippen molar-refractivity contribution in [2.75, 3.05) is 20.3 Å². The highest BCUT2D eigenvalue weighted by atomic mass is 16.7. The SMILES string of the molecule is COC1=CC(=O)O[C@]12C[C@@H](C)[C@@H](C(=O)O)C[C@H]2C1OCCO1. The summed E-state index contributed by atoms with van der Waals surface area (Å²) in [5, 5.41) is 9.44. The molecule has 0 radical (unpaired) electrons. The molecule has 0 aromatic rings. The molecule has 2 heterocycles. The van der Waals surface area contributed by atoms with Gasteiger partial charge in [0.05, 0.1) is 38.2 Å². The Bertz CT molecular complexity index is 508. The van der Waals surface area contributed by atoms with Crippen LogP contribution in [0.25, 0.3) is 0 Å². The van der Waals surface area contributed by atoms with Crippen LogP contribution >= 0.6 is 0 Å². The number of esters is 1. The summed E-state index contributed by atoms with van der Waals surface area (Å²) in [5.74, 6) is -1.97. The van der Waals surface area contributed by atoms with Crippen LogP contribution in [0.15, 0.2) is 11.8 Å². The van der Waals surface area contributed by atoms with Gasteiger partial charge in [-0.1, -0.05) is 6.92 Å². The van der Waals surface area contributed by atoms with Gasteiger partial charge >= 0.3 is 11.9 Å². The van der Waals surface area contributed by atoms with E-state index in [1.54, 1.807) is 0 Å². The molecule has 2 fully saturated rings. The number of carboxylic acid groups (broad SMARTS) is 1. The summed E-state index contributed by atoms with van der Waals surface area (Å²) in [6.45, 7) is 2.75. The number of hydrogen-bond acceptors (Lipinski definition) is 6. The van der Waals surface area contributed by atoms with E-state index < -0.39 is 35.7 Å². The zero-order valence-electron chi connectivity index (χ0n) is 12.6. The maximum absolute atomic E-state index is 11.8. The van der Waals surface area contributed by atoms with Crippen molar-refractivity contribution >= 4 is 11.9 Å². The Morgan fingerprint density at radius 3 is 2.68 bits per heavy atom. The molecule has 1 saturated carbocycles. The van der Waals surface area contributed by atoms with Crippen LogP contribution in [-0.4, -0.2) is 49.3 Å².